The normalized spacial score (nSPS) is 11.4. The van der Waals surface area contributed by atoms with E-state index in [0.717, 1.165) is 28.2 Å². The number of aromatic nitrogens is 3. The van der Waals surface area contributed by atoms with Gasteiger partial charge < -0.3 is 14.6 Å². The molecule has 0 saturated carbocycles. The zero-order valence-electron chi connectivity index (χ0n) is 16.5. The summed E-state index contributed by atoms with van der Waals surface area (Å²) in [5.74, 6) is 0.583. The lowest BCUT2D eigenvalue weighted by Crippen LogP contribution is -2.15. The van der Waals surface area contributed by atoms with E-state index in [4.69, 9.17) is 4.74 Å². The summed E-state index contributed by atoms with van der Waals surface area (Å²) in [5.41, 5.74) is 1.50. The van der Waals surface area contributed by atoms with Gasteiger partial charge in [0.05, 0.1) is 17.5 Å². The Kier molecular flexibility index (Phi) is 5.87. The summed E-state index contributed by atoms with van der Waals surface area (Å²) in [6.45, 7) is 0.501. The first-order valence-electron chi connectivity index (χ1n) is 9.27. The van der Waals surface area contributed by atoms with Crippen molar-refractivity contribution >= 4 is 49.2 Å². The molecule has 160 valence electrons. The Morgan fingerprint density at radius 1 is 1.16 bits per heavy atom. The molecule has 2 aromatic heterocycles. The summed E-state index contributed by atoms with van der Waals surface area (Å²) in [4.78, 5) is 16.2. The van der Waals surface area contributed by atoms with Crippen LogP contribution in [0.5, 0.6) is 5.75 Å². The highest BCUT2D eigenvalue weighted by molar-refractivity contribution is 7.93. The monoisotopic (exact) mass is 457 g/mol. The van der Waals surface area contributed by atoms with Crippen LogP contribution in [-0.2, 0) is 21.4 Å². The van der Waals surface area contributed by atoms with Gasteiger partial charge in [0.25, 0.3) is 10.0 Å². The predicted molar refractivity (Wildman–Crippen MR) is 119 cm³/mol. The van der Waals surface area contributed by atoms with Crippen LogP contribution in [0.15, 0.2) is 66.0 Å². The summed E-state index contributed by atoms with van der Waals surface area (Å²) in [6, 6.07) is 13.7. The minimum absolute atomic E-state index is 0.0634. The molecule has 4 rings (SSSR count). The number of nitrogens with one attached hydrogen (secondary N) is 2. The lowest BCUT2D eigenvalue weighted by Gasteiger charge is -2.09. The highest BCUT2D eigenvalue weighted by Crippen LogP contribution is 2.22. The molecule has 2 N–H and O–H groups in total. The molecule has 0 aliphatic heterocycles. The van der Waals surface area contributed by atoms with Crippen molar-refractivity contribution < 1.29 is 17.9 Å². The number of nitrogens with zero attached hydrogens (tertiary/aromatic N) is 3. The lowest BCUT2D eigenvalue weighted by atomic mass is 10.2. The first-order chi connectivity index (χ1) is 14.9. The van der Waals surface area contributed by atoms with E-state index >= 15 is 0 Å². The fraction of sp³-hybridized carbons (Fsp3) is 0.150. The van der Waals surface area contributed by atoms with E-state index in [9.17, 15) is 13.2 Å². The highest BCUT2D eigenvalue weighted by Gasteiger charge is 2.16. The van der Waals surface area contributed by atoms with Gasteiger partial charge >= 0.3 is 0 Å². The largest absolute Gasteiger partial charge is 0.497 e. The number of fused-ring (bicyclic) bond motifs is 1. The summed E-state index contributed by atoms with van der Waals surface area (Å²) < 4.78 is 38.1. The van der Waals surface area contributed by atoms with Crippen LogP contribution >= 0.6 is 11.5 Å². The number of rotatable bonds is 8. The summed E-state index contributed by atoms with van der Waals surface area (Å²) in [7, 11) is -2.15. The quantitative estimate of drug-likeness (QED) is 0.419. The van der Waals surface area contributed by atoms with Crippen LogP contribution in [0.2, 0.25) is 0 Å². The SMILES string of the molecule is COc1ccc2ccn(CCC(=O)Nc3ccc(S(=O)(=O)Nc4ncns4)cc3)c2c1. The summed E-state index contributed by atoms with van der Waals surface area (Å²) in [6.07, 6.45) is 3.47. The van der Waals surface area contributed by atoms with Crippen molar-refractivity contribution in [2.75, 3.05) is 17.1 Å². The van der Waals surface area contributed by atoms with E-state index in [1.165, 1.54) is 18.5 Å². The maximum atomic E-state index is 12.4. The van der Waals surface area contributed by atoms with E-state index in [2.05, 4.69) is 19.4 Å². The molecule has 0 aliphatic carbocycles. The molecule has 2 heterocycles. The predicted octanol–water partition coefficient (Wildman–Crippen LogP) is 3.33. The van der Waals surface area contributed by atoms with Gasteiger partial charge in [-0.2, -0.15) is 4.37 Å². The summed E-state index contributed by atoms with van der Waals surface area (Å²) >= 11 is 0.945. The second kappa shape index (κ2) is 8.74. The van der Waals surface area contributed by atoms with Gasteiger partial charge in [-0.3, -0.25) is 9.52 Å². The molecule has 0 unspecified atom stereocenters. The Bertz CT molecular complexity index is 1300. The van der Waals surface area contributed by atoms with Gasteiger partial charge in [0.2, 0.25) is 11.0 Å². The maximum absolute atomic E-state index is 12.4. The van der Waals surface area contributed by atoms with Crippen LogP contribution in [0.4, 0.5) is 10.8 Å². The molecule has 0 fully saturated rings. The van der Waals surface area contributed by atoms with Gasteiger partial charge in [-0.15, -0.1) is 0 Å². The average molecular weight is 458 g/mol. The van der Waals surface area contributed by atoms with Crippen LogP contribution in [0.3, 0.4) is 0 Å². The Morgan fingerprint density at radius 2 is 1.97 bits per heavy atom. The van der Waals surface area contributed by atoms with Crippen molar-refractivity contribution in [1.82, 2.24) is 13.9 Å². The standard InChI is InChI=1S/C20H19N5O4S2/c1-29-16-5-2-14-8-10-25(18(14)12-16)11-9-19(26)23-15-3-6-17(7-4-15)31(27,28)24-20-21-13-22-30-20/h2-8,10,12-13H,9,11H2,1H3,(H,23,26)(H,21,22,24). The van der Waals surface area contributed by atoms with Crippen molar-refractivity contribution in [1.29, 1.82) is 0 Å². The number of ether oxygens (including phenoxy) is 1. The van der Waals surface area contributed by atoms with E-state index in [0.29, 0.717) is 12.2 Å². The van der Waals surface area contributed by atoms with Crippen molar-refractivity contribution in [2.45, 2.75) is 17.9 Å². The average Bonchev–Trinajstić information content (AvgIpc) is 3.41. The third kappa shape index (κ3) is 4.84. The molecule has 2 aromatic carbocycles. The Labute approximate surface area is 182 Å². The molecular formula is C20H19N5O4S2. The van der Waals surface area contributed by atoms with Gasteiger partial charge in [-0.05, 0) is 47.9 Å². The van der Waals surface area contributed by atoms with Crippen LogP contribution in [0, 0.1) is 0 Å². The van der Waals surface area contributed by atoms with E-state index in [1.54, 1.807) is 19.2 Å². The Balaban J connectivity index is 1.37. The molecule has 1 amide bonds. The van der Waals surface area contributed by atoms with Crippen LogP contribution in [0.25, 0.3) is 10.9 Å². The van der Waals surface area contributed by atoms with E-state index < -0.39 is 10.0 Å². The van der Waals surface area contributed by atoms with Crippen molar-refractivity contribution in [2.24, 2.45) is 0 Å². The van der Waals surface area contributed by atoms with Crippen LogP contribution in [-0.4, -0.2) is 35.4 Å². The van der Waals surface area contributed by atoms with Crippen LogP contribution < -0.4 is 14.8 Å². The highest BCUT2D eigenvalue weighted by atomic mass is 32.2. The van der Waals surface area contributed by atoms with Crippen molar-refractivity contribution in [3.8, 4) is 5.75 Å². The van der Waals surface area contributed by atoms with Crippen molar-refractivity contribution in [3.05, 3.63) is 61.1 Å². The first-order valence-corrected chi connectivity index (χ1v) is 11.5. The van der Waals surface area contributed by atoms with Gasteiger partial charge in [0.15, 0.2) is 0 Å². The van der Waals surface area contributed by atoms with E-state index in [-0.39, 0.29) is 22.4 Å². The number of amides is 1. The molecule has 0 bridgehead atoms. The van der Waals surface area contributed by atoms with Gasteiger partial charge in [0.1, 0.15) is 12.1 Å². The topological polar surface area (TPSA) is 115 Å². The molecule has 9 nitrogen and oxygen atoms in total. The summed E-state index contributed by atoms with van der Waals surface area (Å²) in [5, 5.41) is 4.04. The number of anilines is 2. The Morgan fingerprint density at radius 3 is 2.68 bits per heavy atom. The smallest absolute Gasteiger partial charge is 0.263 e. The zero-order valence-corrected chi connectivity index (χ0v) is 18.1. The Hall–Kier alpha value is -3.44. The van der Waals surface area contributed by atoms with Gasteiger partial charge in [-0.25, -0.2) is 13.4 Å². The molecule has 31 heavy (non-hydrogen) atoms. The molecule has 0 atom stereocenters. The van der Waals surface area contributed by atoms with Gasteiger partial charge in [0, 0.05) is 42.4 Å². The maximum Gasteiger partial charge on any atom is 0.263 e. The number of hydrogen-bond donors (Lipinski definition) is 2. The number of hydrogen-bond acceptors (Lipinski definition) is 7. The molecule has 0 saturated heterocycles. The van der Waals surface area contributed by atoms with Gasteiger partial charge in [-0.1, -0.05) is 0 Å². The first kappa shape index (κ1) is 20.8. The number of benzene rings is 2. The fourth-order valence-corrected chi connectivity index (χ4v) is 4.70. The molecular weight excluding hydrogens is 438 g/mol. The molecule has 0 aliphatic rings. The second-order valence-electron chi connectivity index (χ2n) is 6.61. The molecule has 11 heteroatoms. The minimum Gasteiger partial charge on any atom is -0.497 e. The number of carbonyl (C=O) groups is 1. The number of carbonyl (C=O) groups excluding carboxylic acids is 1. The number of aryl methyl sites for hydroxylation is 1. The molecule has 0 spiro atoms. The fourth-order valence-electron chi connectivity index (χ4n) is 3.04. The van der Waals surface area contributed by atoms with Crippen molar-refractivity contribution in [3.63, 3.8) is 0 Å². The third-order valence-corrected chi connectivity index (χ3v) is 6.66. The molecule has 4 aromatic rings. The minimum atomic E-state index is -3.76. The number of sulfonamides is 1. The zero-order chi connectivity index (χ0) is 21.8. The third-order valence-electron chi connectivity index (χ3n) is 4.59. The number of methoxy groups -OCH3 is 1. The second-order valence-corrected chi connectivity index (χ2v) is 9.07. The lowest BCUT2D eigenvalue weighted by molar-refractivity contribution is -0.116. The van der Waals surface area contributed by atoms with E-state index in [1.807, 2.05) is 35.0 Å². The molecule has 0 radical (unpaired) electrons. The van der Waals surface area contributed by atoms with Crippen LogP contribution in [0.1, 0.15) is 6.42 Å².